The first-order valence-corrected chi connectivity index (χ1v) is 1.76. The average Bonchev–Trinajstić information content (AvgIpc) is 1.87. The van der Waals surface area contributed by atoms with Gasteiger partial charge in [-0.3, -0.25) is 0 Å². The Morgan fingerprint density at radius 1 is 1.86 bits per heavy atom. The number of rotatable bonds is 0. The van der Waals surface area contributed by atoms with Gasteiger partial charge < -0.3 is 5.73 Å². The third-order valence-corrected chi connectivity index (χ3v) is 0.579. The number of hydrogen-bond donors (Lipinski definition) is 1. The minimum atomic E-state index is 0.162. The van der Waals surface area contributed by atoms with Crippen molar-refractivity contribution < 1.29 is 4.48 Å². The van der Waals surface area contributed by atoms with Gasteiger partial charge in [-0.1, -0.05) is 4.48 Å². The summed E-state index contributed by atoms with van der Waals surface area (Å²) in [5.41, 5.74) is 5.01. The zero-order valence-electron chi connectivity index (χ0n) is 3.50. The average molecular weight is 101 g/mol. The van der Waals surface area contributed by atoms with Gasteiger partial charge in [0.1, 0.15) is 5.82 Å². The van der Waals surface area contributed by atoms with E-state index in [1.54, 1.807) is 0 Å². The lowest BCUT2D eigenvalue weighted by molar-refractivity contribution is 0.318. The van der Waals surface area contributed by atoms with Gasteiger partial charge in [-0.2, -0.15) is 0 Å². The highest BCUT2D eigenvalue weighted by atomic mass is 19.2. The van der Waals surface area contributed by atoms with Crippen molar-refractivity contribution in [3.63, 3.8) is 0 Å². The van der Waals surface area contributed by atoms with E-state index in [4.69, 9.17) is 5.73 Å². The quantitative estimate of drug-likeness (QED) is 0.507. The fourth-order valence-corrected chi connectivity index (χ4v) is 0.315. The Morgan fingerprint density at radius 2 is 2.57 bits per heavy atom. The first-order chi connectivity index (χ1) is 3.29. The van der Waals surface area contributed by atoms with Gasteiger partial charge in [0.2, 0.25) is 0 Å². The summed E-state index contributed by atoms with van der Waals surface area (Å²) in [5, 5.41) is 3.14. The predicted molar refractivity (Wildman–Crippen MR) is 23.1 cm³/mol. The summed E-state index contributed by atoms with van der Waals surface area (Å²) in [5.74, 6) is 0.197. The summed E-state index contributed by atoms with van der Waals surface area (Å²) >= 11 is 0. The number of halogens is 1. The predicted octanol–water partition coefficient (Wildman–Crippen LogP) is 0.198. The van der Waals surface area contributed by atoms with Crippen molar-refractivity contribution in [3.8, 4) is 0 Å². The second-order valence-corrected chi connectivity index (χ2v) is 1.13. The molecular weight excluding hydrogens is 97.1 g/mol. The number of nitrogen functional groups attached to an aromatic ring is 1. The number of nitrogens with two attached hydrogens (primary N) is 1. The number of hydrogen-bond acceptors (Lipinski definition) is 2. The van der Waals surface area contributed by atoms with Crippen molar-refractivity contribution in [1.29, 1.82) is 0 Å². The Bertz CT molecular complexity index is 142. The number of anilines is 1. The zero-order valence-corrected chi connectivity index (χ0v) is 3.50. The Labute approximate surface area is 39.5 Å². The monoisotopic (exact) mass is 101 g/mol. The van der Waals surface area contributed by atoms with Crippen LogP contribution in [-0.4, -0.2) is 10.0 Å². The van der Waals surface area contributed by atoms with Crippen LogP contribution in [0.3, 0.4) is 0 Å². The third kappa shape index (κ3) is 0.677. The van der Waals surface area contributed by atoms with Gasteiger partial charge in [-0.25, -0.2) is 0 Å². The molecule has 0 aliphatic rings. The molecule has 0 bridgehead atoms. The molecule has 0 aliphatic carbocycles. The van der Waals surface area contributed by atoms with Crippen LogP contribution in [0.1, 0.15) is 0 Å². The van der Waals surface area contributed by atoms with Gasteiger partial charge >= 0.3 is 0 Å². The van der Waals surface area contributed by atoms with E-state index in [9.17, 15) is 4.48 Å². The molecule has 7 heavy (non-hydrogen) atoms. The summed E-state index contributed by atoms with van der Waals surface area (Å²) in [6.45, 7) is 0. The van der Waals surface area contributed by atoms with Crippen molar-refractivity contribution in [3.05, 3.63) is 12.3 Å². The van der Waals surface area contributed by atoms with Crippen molar-refractivity contribution in [2.45, 2.75) is 0 Å². The van der Waals surface area contributed by atoms with Crippen LogP contribution in [-0.2, 0) is 0 Å². The Hall–Kier alpha value is -1.06. The number of aromatic nitrogens is 2. The lowest BCUT2D eigenvalue weighted by Crippen LogP contribution is -1.86. The molecule has 0 amide bonds. The molecule has 1 rings (SSSR count). The van der Waals surface area contributed by atoms with E-state index in [2.05, 4.69) is 5.10 Å². The van der Waals surface area contributed by atoms with Crippen molar-refractivity contribution in [1.82, 2.24) is 10.0 Å². The maximum atomic E-state index is 11.7. The highest BCUT2D eigenvalue weighted by Crippen LogP contribution is 1.92. The first-order valence-electron chi connectivity index (χ1n) is 1.76. The standard InChI is InChI=1S/C3H4FN3/c4-7-2-1-3(5)6-7/h1-2H,(H2,5,6). The zero-order chi connectivity index (χ0) is 5.28. The highest BCUT2D eigenvalue weighted by molar-refractivity contribution is 5.23. The van der Waals surface area contributed by atoms with Crippen molar-refractivity contribution in [2.75, 3.05) is 5.73 Å². The molecule has 1 heterocycles. The fraction of sp³-hybridized carbons (Fsp3) is 0. The van der Waals surface area contributed by atoms with Gasteiger partial charge in [0.05, 0.1) is 6.20 Å². The van der Waals surface area contributed by atoms with Crippen LogP contribution in [0, 0.1) is 0 Å². The smallest absolute Gasteiger partial charge is 0.148 e. The van der Waals surface area contributed by atoms with Crippen LogP contribution in [0.25, 0.3) is 0 Å². The van der Waals surface area contributed by atoms with Crippen LogP contribution in [0.15, 0.2) is 12.3 Å². The minimum Gasteiger partial charge on any atom is -0.382 e. The Kier molecular flexibility index (Phi) is 0.714. The summed E-state index contributed by atoms with van der Waals surface area (Å²) in [4.78, 5) is 0.162. The van der Waals surface area contributed by atoms with Gasteiger partial charge in [0.15, 0.2) is 0 Å². The van der Waals surface area contributed by atoms with E-state index >= 15 is 0 Å². The molecule has 0 aliphatic heterocycles. The Morgan fingerprint density at radius 3 is 2.71 bits per heavy atom. The molecule has 0 atom stereocenters. The summed E-state index contributed by atoms with van der Waals surface area (Å²) < 4.78 is 11.7. The molecule has 1 aromatic heterocycles. The molecule has 4 heteroatoms. The SMILES string of the molecule is Nc1ccn(F)n1. The first kappa shape index (κ1) is 4.11. The highest BCUT2D eigenvalue weighted by Gasteiger charge is 1.86. The van der Waals surface area contributed by atoms with E-state index in [0.29, 0.717) is 0 Å². The van der Waals surface area contributed by atoms with Crippen molar-refractivity contribution in [2.24, 2.45) is 0 Å². The topological polar surface area (TPSA) is 43.8 Å². The second kappa shape index (κ2) is 1.22. The van der Waals surface area contributed by atoms with Crippen LogP contribution >= 0.6 is 0 Å². The normalized spacial score (nSPS) is 9.29. The summed E-state index contributed by atoms with van der Waals surface area (Å²) in [7, 11) is 0. The van der Waals surface area contributed by atoms with Crippen molar-refractivity contribution >= 4 is 5.82 Å². The van der Waals surface area contributed by atoms with Crippen LogP contribution in [0.4, 0.5) is 10.3 Å². The van der Waals surface area contributed by atoms with E-state index in [-0.39, 0.29) is 10.7 Å². The maximum Gasteiger partial charge on any atom is 0.148 e. The summed E-state index contributed by atoms with van der Waals surface area (Å²) in [6, 6.07) is 1.38. The molecule has 38 valence electrons. The molecular formula is C3H4FN3. The van der Waals surface area contributed by atoms with E-state index in [1.165, 1.54) is 6.07 Å². The Balaban J connectivity index is 3.04. The lowest BCUT2D eigenvalue weighted by Gasteiger charge is -1.74. The molecule has 3 nitrogen and oxygen atoms in total. The van der Waals surface area contributed by atoms with Gasteiger partial charge in [-0.05, 0) is 0 Å². The fourth-order valence-electron chi connectivity index (χ4n) is 0.315. The van der Waals surface area contributed by atoms with Crippen LogP contribution in [0.2, 0.25) is 0 Å². The summed E-state index contributed by atoms with van der Waals surface area (Å²) in [6.07, 6.45) is 1.13. The van der Waals surface area contributed by atoms with E-state index < -0.39 is 0 Å². The second-order valence-electron chi connectivity index (χ2n) is 1.13. The molecule has 0 saturated carbocycles. The molecule has 0 saturated heterocycles. The largest absolute Gasteiger partial charge is 0.382 e. The van der Waals surface area contributed by atoms with Crippen LogP contribution in [0.5, 0.6) is 0 Å². The molecule has 0 radical (unpaired) electrons. The molecule has 1 aromatic rings. The van der Waals surface area contributed by atoms with Gasteiger partial charge in [0.25, 0.3) is 0 Å². The van der Waals surface area contributed by atoms with Crippen LogP contribution < -0.4 is 5.73 Å². The molecule has 2 N–H and O–H groups in total. The third-order valence-electron chi connectivity index (χ3n) is 0.579. The lowest BCUT2D eigenvalue weighted by atomic mass is 10.7. The molecule has 0 spiro atoms. The molecule has 0 aromatic carbocycles. The van der Waals surface area contributed by atoms with E-state index in [0.717, 1.165) is 6.20 Å². The maximum absolute atomic E-state index is 11.7. The van der Waals surface area contributed by atoms with Gasteiger partial charge in [-0.15, -0.1) is 10.0 Å². The van der Waals surface area contributed by atoms with E-state index in [1.807, 2.05) is 0 Å². The molecule has 0 fully saturated rings. The molecule has 0 unspecified atom stereocenters. The van der Waals surface area contributed by atoms with Gasteiger partial charge in [0, 0.05) is 6.07 Å². The number of nitrogens with zero attached hydrogens (tertiary/aromatic N) is 2. The minimum absolute atomic E-state index is 0.162.